The second-order valence-corrected chi connectivity index (χ2v) is 7.76. The third-order valence-corrected chi connectivity index (χ3v) is 4.81. The van der Waals surface area contributed by atoms with Gasteiger partial charge in [0.1, 0.15) is 5.75 Å². The SMILES string of the molecule is CC(Cc1ccc(O)cc1)N(C)C(=O)c1ccc(S(C)(=O)=O)nc1. The van der Waals surface area contributed by atoms with Crippen molar-refractivity contribution in [1.29, 1.82) is 0 Å². The molecule has 2 aromatic rings. The number of aromatic hydroxyl groups is 1. The fourth-order valence-corrected chi connectivity index (χ4v) is 2.80. The smallest absolute Gasteiger partial charge is 0.255 e. The van der Waals surface area contributed by atoms with Crippen LogP contribution in [0.4, 0.5) is 0 Å². The molecule has 0 radical (unpaired) electrons. The van der Waals surface area contributed by atoms with E-state index in [0.717, 1.165) is 11.8 Å². The molecule has 0 aliphatic carbocycles. The van der Waals surface area contributed by atoms with E-state index in [2.05, 4.69) is 4.98 Å². The number of nitrogens with zero attached hydrogens (tertiary/aromatic N) is 2. The quantitative estimate of drug-likeness (QED) is 0.891. The largest absolute Gasteiger partial charge is 0.508 e. The number of likely N-dealkylation sites (N-methyl/N-ethyl adjacent to an activating group) is 1. The molecule has 1 aromatic heterocycles. The van der Waals surface area contributed by atoms with Gasteiger partial charge >= 0.3 is 0 Å². The van der Waals surface area contributed by atoms with Crippen LogP contribution in [0.2, 0.25) is 0 Å². The second kappa shape index (κ2) is 7.00. The molecule has 0 bridgehead atoms. The summed E-state index contributed by atoms with van der Waals surface area (Å²) in [6, 6.07) is 9.57. The van der Waals surface area contributed by atoms with Gasteiger partial charge in [-0.15, -0.1) is 0 Å². The first kappa shape index (κ1) is 17.9. The molecule has 2 rings (SSSR count). The molecular weight excluding hydrogens is 328 g/mol. The lowest BCUT2D eigenvalue weighted by Crippen LogP contribution is -2.36. The Hall–Kier alpha value is -2.41. The van der Waals surface area contributed by atoms with Crippen molar-refractivity contribution in [3.8, 4) is 5.75 Å². The number of aromatic nitrogens is 1. The van der Waals surface area contributed by atoms with Crippen LogP contribution in [0.5, 0.6) is 5.75 Å². The van der Waals surface area contributed by atoms with Crippen LogP contribution in [0, 0.1) is 0 Å². The van der Waals surface area contributed by atoms with Gasteiger partial charge < -0.3 is 10.0 Å². The molecule has 1 atom stereocenters. The Morgan fingerprint density at radius 1 is 1.21 bits per heavy atom. The lowest BCUT2D eigenvalue weighted by atomic mass is 10.1. The Morgan fingerprint density at radius 3 is 2.33 bits per heavy atom. The number of sulfone groups is 1. The van der Waals surface area contributed by atoms with Crippen LogP contribution in [-0.2, 0) is 16.3 Å². The second-order valence-electron chi connectivity index (χ2n) is 5.79. The van der Waals surface area contributed by atoms with E-state index < -0.39 is 9.84 Å². The van der Waals surface area contributed by atoms with Crippen LogP contribution in [0.25, 0.3) is 0 Å². The van der Waals surface area contributed by atoms with E-state index >= 15 is 0 Å². The van der Waals surface area contributed by atoms with Crippen LogP contribution in [0.1, 0.15) is 22.8 Å². The monoisotopic (exact) mass is 348 g/mol. The van der Waals surface area contributed by atoms with Crippen molar-refractivity contribution in [3.63, 3.8) is 0 Å². The first-order chi connectivity index (χ1) is 11.2. The molecule has 1 unspecified atom stereocenters. The minimum atomic E-state index is -3.38. The summed E-state index contributed by atoms with van der Waals surface area (Å²) in [7, 11) is -1.69. The summed E-state index contributed by atoms with van der Waals surface area (Å²) in [6.07, 6.45) is 2.99. The van der Waals surface area contributed by atoms with Crippen LogP contribution in [0.15, 0.2) is 47.6 Å². The lowest BCUT2D eigenvalue weighted by molar-refractivity contribution is 0.0743. The van der Waals surface area contributed by atoms with Gasteiger partial charge in [-0.05, 0) is 43.2 Å². The van der Waals surface area contributed by atoms with Gasteiger partial charge in [-0.1, -0.05) is 12.1 Å². The average Bonchev–Trinajstić information content (AvgIpc) is 2.55. The molecular formula is C17H20N2O4S. The highest BCUT2D eigenvalue weighted by Gasteiger charge is 2.19. The highest BCUT2D eigenvalue weighted by molar-refractivity contribution is 7.90. The predicted molar refractivity (Wildman–Crippen MR) is 90.7 cm³/mol. The number of phenolic OH excluding ortho intramolecular Hbond substituents is 1. The fraction of sp³-hybridized carbons (Fsp3) is 0.294. The van der Waals surface area contributed by atoms with Gasteiger partial charge in [0.05, 0.1) is 5.56 Å². The third kappa shape index (κ3) is 4.32. The van der Waals surface area contributed by atoms with Gasteiger partial charge in [0.2, 0.25) is 0 Å². The van der Waals surface area contributed by atoms with Crippen LogP contribution in [-0.4, -0.2) is 48.7 Å². The first-order valence-corrected chi connectivity index (χ1v) is 9.29. The summed E-state index contributed by atoms with van der Waals surface area (Å²) in [4.78, 5) is 17.9. The number of pyridine rings is 1. The number of amides is 1. The van der Waals surface area contributed by atoms with Gasteiger partial charge in [0.25, 0.3) is 5.91 Å². The maximum absolute atomic E-state index is 12.5. The van der Waals surface area contributed by atoms with E-state index in [4.69, 9.17) is 0 Å². The molecule has 1 N–H and O–H groups in total. The van der Waals surface area contributed by atoms with Crippen LogP contribution >= 0.6 is 0 Å². The minimum Gasteiger partial charge on any atom is -0.508 e. The Labute approximate surface area is 141 Å². The molecule has 0 fully saturated rings. The molecule has 7 heteroatoms. The van der Waals surface area contributed by atoms with E-state index in [-0.39, 0.29) is 22.7 Å². The van der Waals surface area contributed by atoms with Crippen LogP contribution < -0.4 is 0 Å². The molecule has 1 heterocycles. The zero-order valence-corrected chi connectivity index (χ0v) is 14.6. The summed E-state index contributed by atoms with van der Waals surface area (Å²) < 4.78 is 22.8. The molecule has 1 aromatic carbocycles. The number of phenols is 1. The Kier molecular flexibility index (Phi) is 5.23. The van der Waals surface area contributed by atoms with Gasteiger partial charge in [-0.3, -0.25) is 4.79 Å². The van der Waals surface area contributed by atoms with Crippen molar-refractivity contribution >= 4 is 15.7 Å². The molecule has 0 spiro atoms. The van der Waals surface area contributed by atoms with Crippen molar-refractivity contribution in [3.05, 3.63) is 53.7 Å². The van der Waals surface area contributed by atoms with E-state index in [0.29, 0.717) is 12.0 Å². The molecule has 0 saturated carbocycles. The number of benzene rings is 1. The summed E-state index contributed by atoms with van der Waals surface area (Å²) >= 11 is 0. The van der Waals surface area contributed by atoms with Gasteiger partial charge in [0, 0.05) is 25.5 Å². The Bertz CT molecular complexity index is 815. The van der Waals surface area contributed by atoms with Gasteiger partial charge in [-0.25, -0.2) is 13.4 Å². The summed E-state index contributed by atoms with van der Waals surface area (Å²) in [6.45, 7) is 1.92. The third-order valence-electron chi connectivity index (χ3n) is 3.81. The molecule has 0 aliphatic heterocycles. The number of hydrogen-bond donors (Lipinski definition) is 1. The first-order valence-electron chi connectivity index (χ1n) is 7.39. The molecule has 128 valence electrons. The highest BCUT2D eigenvalue weighted by Crippen LogP contribution is 2.15. The van der Waals surface area contributed by atoms with Gasteiger partial charge in [0.15, 0.2) is 14.9 Å². The maximum Gasteiger partial charge on any atom is 0.255 e. The van der Waals surface area contributed by atoms with Crippen molar-refractivity contribution in [2.24, 2.45) is 0 Å². The van der Waals surface area contributed by atoms with E-state index in [9.17, 15) is 18.3 Å². The Morgan fingerprint density at radius 2 is 1.83 bits per heavy atom. The van der Waals surface area contributed by atoms with Crippen molar-refractivity contribution in [2.75, 3.05) is 13.3 Å². The number of hydrogen-bond acceptors (Lipinski definition) is 5. The topological polar surface area (TPSA) is 87.6 Å². The molecule has 6 nitrogen and oxygen atoms in total. The summed E-state index contributed by atoms with van der Waals surface area (Å²) in [5.74, 6) is -0.0262. The molecule has 1 amide bonds. The zero-order chi connectivity index (χ0) is 17.9. The normalized spacial score (nSPS) is 12.6. The van der Waals surface area contributed by atoms with E-state index in [1.165, 1.54) is 18.3 Å². The molecule has 0 aliphatic rings. The van der Waals surface area contributed by atoms with Crippen molar-refractivity contribution in [1.82, 2.24) is 9.88 Å². The number of rotatable bonds is 5. The lowest BCUT2D eigenvalue weighted by Gasteiger charge is -2.25. The van der Waals surface area contributed by atoms with Crippen molar-refractivity contribution < 1.29 is 18.3 Å². The molecule has 24 heavy (non-hydrogen) atoms. The van der Waals surface area contributed by atoms with E-state index in [1.54, 1.807) is 24.1 Å². The highest BCUT2D eigenvalue weighted by atomic mass is 32.2. The average molecular weight is 348 g/mol. The fourth-order valence-electron chi connectivity index (χ4n) is 2.24. The standard InChI is InChI=1S/C17H20N2O4S/c1-12(10-13-4-7-15(20)8-5-13)19(2)17(21)14-6-9-16(18-11-14)24(3,22)23/h4-9,11-12,20H,10H2,1-3H3. The van der Waals surface area contributed by atoms with Gasteiger partial charge in [-0.2, -0.15) is 0 Å². The van der Waals surface area contributed by atoms with Crippen LogP contribution in [0.3, 0.4) is 0 Å². The Balaban J connectivity index is 2.09. The predicted octanol–water partition coefficient (Wildman–Crippen LogP) is 1.89. The summed E-state index contributed by atoms with van der Waals surface area (Å²) in [5, 5.41) is 9.25. The zero-order valence-electron chi connectivity index (χ0n) is 13.8. The number of carbonyl (C=O) groups excluding carboxylic acids is 1. The molecule has 0 saturated heterocycles. The van der Waals surface area contributed by atoms with E-state index in [1.807, 2.05) is 19.1 Å². The minimum absolute atomic E-state index is 0.0566. The summed E-state index contributed by atoms with van der Waals surface area (Å²) in [5.41, 5.74) is 1.34. The van der Waals surface area contributed by atoms with Crippen molar-refractivity contribution in [2.45, 2.75) is 24.4 Å². The number of carbonyl (C=O) groups is 1. The maximum atomic E-state index is 12.5.